The molecule has 1 heterocycles. The molecular weight excluding hydrogens is 228 g/mol. The largest absolute Gasteiger partial charge is 0.497 e. The molecule has 0 amide bonds. The second-order valence-corrected chi connectivity index (χ2v) is 3.92. The molecule has 0 saturated heterocycles. The van der Waals surface area contributed by atoms with Crippen molar-refractivity contribution < 1.29 is 4.74 Å². The quantitative estimate of drug-likeness (QED) is 0.713. The third-order valence-electron chi connectivity index (χ3n) is 2.53. The molecule has 1 aromatic carbocycles. The molecule has 2 aromatic rings. The number of halogens is 1. The van der Waals surface area contributed by atoms with Gasteiger partial charge in [-0.3, -0.25) is 9.36 Å². The highest BCUT2D eigenvalue weighted by Crippen LogP contribution is 2.22. The van der Waals surface area contributed by atoms with E-state index in [0.717, 1.165) is 5.56 Å². The normalized spacial score (nSPS) is 10.8. The van der Waals surface area contributed by atoms with E-state index in [9.17, 15) is 4.79 Å². The van der Waals surface area contributed by atoms with Gasteiger partial charge in [0.05, 0.1) is 18.0 Å². The van der Waals surface area contributed by atoms with Crippen molar-refractivity contribution in [2.24, 2.45) is 7.05 Å². The van der Waals surface area contributed by atoms with Crippen LogP contribution in [0, 0.1) is 6.92 Å². The number of hydrogen-bond donors (Lipinski definition) is 0. The van der Waals surface area contributed by atoms with Crippen LogP contribution in [0.5, 0.6) is 5.75 Å². The summed E-state index contributed by atoms with van der Waals surface area (Å²) >= 11 is 5.86. The predicted octanol–water partition coefficient (Wildman–Crippen LogP) is 1.90. The van der Waals surface area contributed by atoms with Gasteiger partial charge in [-0.15, -0.1) is 0 Å². The van der Waals surface area contributed by atoms with Gasteiger partial charge in [0.15, 0.2) is 0 Å². The van der Waals surface area contributed by atoms with Gasteiger partial charge in [0.25, 0.3) is 5.56 Å². The van der Waals surface area contributed by atoms with Crippen LogP contribution in [-0.4, -0.2) is 16.7 Å². The van der Waals surface area contributed by atoms with E-state index < -0.39 is 0 Å². The lowest BCUT2D eigenvalue weighted by Gasteiger charge is -2.07. The summed E-state index contributed by atoms with van der Waals surface area (Å²) < 4.78 is 6.43. The van der Waals surface area contributed by atoms with E-state index >= 15 is 0 Å². The van der Waals surface area contributed by atoms with Gasteiger partial charge in [-0.05, 0) is 36.2 Å². The highest BCUT2D eigenvalue weighted by molar-refractivity contribution is 6.28. The molecule has 16 heavy (non-hydrogen) atoms. The van der Waals surface area contributed by atoms with Crippen LogP contribution in [0.25, 0.3) is 10.9 Å². The van der Waals surface area contributed by atoms with Crippen molar-refractivity contribution in [2.45, 2.75) is 6.92 Å². The third kappa shape index (κ3) is 1.55. The number of rotatable bonds is 1. The fourth-order valence-corrected chi connectivity index (χ4v) is 1.77. The average Bonchev–Trinajstić information content (AvgIpc) is 2.27. The molecule has 0 aliphatic carbocycles. The summed E-state index contributed by atoms with van der Waals surface area (Å²) in [6.07, 6.45) is 0. The number of methoxy groups -OCH3 is 1. The van der Waals surface area contributed by atoms with E-state index in [0.29, 0.717) is 16.7 Å². The van der Waals surface area contributed by atoms with Crippen LogP contribution >= 0.6 is 11.6 Å². The zero-order valence-corrected chi connectivity index (χ0v) is 10.00. The molecule has 0 aliphatic heterocycles. The Balaban J connectivity index is 2.97. The van der Waals surface area contributed by atoms with Gasteiger partial charge in [-0.1, -0.05) is 0 Å². The van der Waals surface area contributed by atoms with Gasteiger partial charge in [0.1, 0.15) is 5.75 Å². The number of hydrogen-bond acceptors (Lipinski definition) is 3. The molecule has 0 saturated carbocycles. The topological polar surface area (TPSA) is 44.1 Å². The van der Waals surface area contributed by atoms with Gasteiger partial charge >= 0.3 is 0 Å². The van der Waals surface area contributed by atoms with Crippen LogP contribution in [-0.2, 0) is 7.05 Å². The van der Waals surface area contributed by atoms with E-state index in [-0.39, 0.29) is 10.8 Å². The van der Waals surface area contributed by atoms with Gasteiger partial charge in [-0.2, -0.15) is 0 Å². The van der Waals surface area contributed by atoms with Crippen molar-refractivity contribution >= 4 is 22.5 Å². The highest BCUT2D eigenvalue weighted by atomic mass is 35.5. The van der Waals surface area contributed by atoms with Crippen LogP contribution in [0.15, 0.2) is 16.9 Å². The number of nitrogens with zero attached hydrogens (tertiary/aromatic N) is 2. The van der Waals surface area contributed by atoms with Crippen molar-refractivity contribution in [3.8, 4) is 5.75 Å². The molecule has 0 bridgehead atoms. The lowest BCUT2D eigenvalue weighted by atomic mass is 10.1. The summed E-state index contributed by atoms with van der Waals surface area (Å²) in [5.41, 5.74) is 1.32. The number of fused-ring (bicyclic) bond motifs is 1. The minimum atomic E-state index is -0.169. The second-order valence-electron chi connectivity index (χ2n) is 3.59. The number of benzene rings is 1. The minimum Gasteiger partial charge on any atom is -0.497 e. The van der Waals surface area contributed by atoms with E-state index in [1.165, 1.54) is 4.57 Å². The summed E-state index contributed by atoms with van der Waals surface area (Å²) in [4.78, 5) is 16.1. The standard InChI is InChI=1S/C11H11ClN2O2/c1-6-4-7(16-3)5-8-9(6)13-11(12)14(2)10(8)15/h4-5H,1-3H3. The SMILES string of the molecule is COc1cc(C)c2nc(Cl)n(C)c(=O)c2c1. The van der Waals surface area contributed by atoms with Gasteiger partial charge in [0, 0.05) is 7.05 Å². The molecule has 0 fully saturated rings. The Morgan fingerprint density at radius 2 is 2.12 bits per heavy atom. The van der Waals surface area contributed by atoms with Crippen molar-refractivity contribution in [1.29, 1.82) is 0 Å². The van der Waals surface area contributed by atoms with Crippen LogP contribution in [0.4, 0.5) is 0 Å². The molecule has 1 aromatic heterocycles. The number of aromatic nitrogens is 2. The maximum Gasteiger partial charge on any atom is 0.262 e. The van der Waals surface area contributed by atoms with Crippen molar-refractivity contribution in [1.82, 2.24) is 9.55 Å². The minimum absolute atomic E-state index is 0.169. The lowest BCUT2D eigenvalue weighted by Crippen LogP contribution is -2.19. The van der Waals surface area contributed by atoms with E-state index in [1.807, 2.05) is 13.0 Å². The van der Waals surface area contributed by atoms with Crippen LogP contribution in [0.3, 0.4) is 0 Å². The van der Waals surface area contributed by atoms with Crippen LogP contribution in [0.1, 0.15) is 5.56 Å². The molecule has 0 aliphatic rings. The molecule has 5 heteroatoms. The third-order valence-corrected chi connectivity index (χ3v) is 2.86. The van der Waals surface area contributed by atoms with Crippen molar-refractivity contribution in [2.75, 3.05) is 7.11 Å². The first-order chi connectivity index (χ1) is 7.54. The molecule has 0 unspecified atom stereocenters. The summed E-state index contributed by atoms with van der Waals surface area (Å²) in [7, 11) is 3.15. The summed E-state index contributed by atoms with van der Waals surface area (Å²) in [5, 5.41) is 0.703. The Bertz CT molecular complexity index is 619. The smallest absolute Gasteiger partial charge is 0.262 e. The first-order valence-electron chi connectivity index (χ1n) is 4.75. The number of ether oxygens (including phenoxy) is 1. The van der Waals surface area contributed by atoms with Crippen molar-refractivity contribution in [3.63, 3.8) is 0 Å². The summed E-state index contributed by atoms with van der Waals surface area (Å²) in [6, 6.07) is 3.50. The number of aryl methyl sites for hydroxylation is 1. The second kappa shape index (κ2) is 3.79. The predicted molar refractivity (Wildman–Crippen MR) is 63.3 cm³/mol. The summed E-state index contributed by atoms with van der Waals surface area (Å²) in [6.45, 7) is 1.87. The van der Waals surface area contributed by atoms with E-state index in [4.69, 9.17) is 16.3 Å². The summed E-state index contributed by atoms with van der Waals surface area (Å²) in [5.74, 6) is 0.645. The Kier molecular flexibility index (Phi) is 2.59. The maximum absolute atomic E-state index is 12.0. The molecule has 84 valence electrons. The van der Waals surface area contributed by atoms with Gasteiger partial charge in [0.2, 0.25) is 5.28 Å². The molecule has 0 radical (unpaired) electrons. The molecule has 0 atom stereocenters. The molecule has 0 N–H and O–H groups in total. The average molecular weight is 239 g/mol. The van der Waals surface area contributed by atoms with Gasteiger partial charge in [-0.25, -0.2) is 4.98 Å². The molecular formula is C11H11ClN2O2. The monoisotopic (exact) mass is 238 g/mol. The zero-order valence-electron chi connectivity index (χ0n) is 9.24. The lowest BCUT2D eigenvalue weighted by molar-refractivity contribution is 0.415. The first kappa shape index (κ1) is 11.0. The fourth-order valence-electron chi connectivity index (χ4n) is 1.61. The molecule has 0 spiro atoms. The highest BCUT2D eigenvalue weighted by Gasteiger charge is 2.10. The Labute approximate surface area is 97.4 Å². The van der Waals surface area contributed by atoms with Crippen molar-refractivity contribution in [3.05, 3.63) is 33.3 Å². The van der Waals surface area contributed by atoms with E-state index in [2.05, 4.69) is 4.98 Å². The van der Waals surface area contributed by atoms with Crippen LogP contribution < -0.4 is 10.3 Å². The zero-order chi connectivity index (χ0) is 11.9. The Morgan fingerprint density at radius 1 is 1.44 bits per heavy atom. The fraction of sp³-hybridized carbons (Fsp3) is 0.273. The Morgan fingerprint density at radius 3 is 2.75 bits per heavy atom. The first-order valence-corrected chi connectivity index (χ1v) is 5.13. The van der Waals surface area contributed by atoms with E-state index in [1.54, 1.807) is 20.2 Å². The maximum atomic E-state index is 12.0. The van der Waals surface area contributed by atoms with Gasteiger partial charge < -0.3 is 4.74 Å². The van der Waals surface area contributed by atoms with Crippen LogP contribution in [0.2, 0.25) is 5.28 Å². The Hall–Kier alpha value is -1.55. The molecule has 2 rings (SSSR count). The molecule has 4 nitrogen and oxygen atoms in total.